The van der Waals surface area contributed by atoms with Crippen molar-refractivity contribution in [1.29, 1.82) is 0 Å². The van der Waals surface area contributed by atoms with Crippen molar-refractivity contribution in [2.45, 2.75) is 6.92 Å². The molecule has 2 N–H and O–H groups in total. The molecule has 8 heteroatoms. The summed E-state index contributed by atoms with van der Waals surface area (Å²) in [4.78, 5) is 16.0. The summed E-state index contributed by atoms with van der Waals surface area (Å²) in [6.45, 7) is 2.09. The van der Waals surface area contributed by atoms with Gasteiger partial charge in [-0.25, -0.2) is 9.78 Å². The van der Waals surface area contributed by atoms with Crippen LogP contribution in [0.4, 0.5) is 15.8 Å². The Morgan fingerprint density at radius 2 is 1.92 bits per heavy atom. The number of nitrogens with two attached hydrogens (primary N) is 1. The van der Waals surface area contributed by atoms with E-state index in [0.29, 0.717) is 38.7 Å². The number of nitrogen functional groups attached to an aromatic ring is 1. The maximum Gasteiger partial charge on any atom is 0.338 e. The molecule has 3 rings (SSSR count). The second-order valence-corrected chi connectivity index (χ2v) is 6.57. The van der Waals surface area contributed by atoms with Crippen LogP contribution in [-0.4, -0.2) is 17.6 Å². The fraction of sp³-hybridized carbons (Fsp3) is 0.111. The molecular weight excluding hydrogens is 372 g/mol. The summed E-state index contributed by atoms with van der Waals surface area (Å²) in [5, 5.41) is 9.95. The number of anilines is 1. The summed E-state index contributed by atoms with van der Waals surface area (Å²) in [5.41, 5.74) is 8.22. The van der Waals surface area contributed by atoms with E-state index in [1.807, 2.05) is 18.2 Å². The van der Waals surface area contributed by atoms with Gasteiger partial charge in [0.25, 0.3) is 0 Å². The van der Waals surface area contributed by atoms with Gasteiger partial charge in [-0.05, 0) is 37.3 Å². The number of esters is 1. The van der Waals surface area contributed by atoms with Gasteiger partial charge < -0.3 is 10.5 Å². The standard InChI is InChI=1S/C18H15ClN4O2S/c1-2-25-17(24)11-7-9-12(10-8-11)22-23-16-15(21-18(20)26-16)13-5-3-4-6-14(13)19/h3-10H,2H2,1H3,(H2,20,21). The summed E-state index contributed by atoms with van der Waals surface area (Å²) >= 11 is 7.46. The molecular formula is C18H15ClN4O2S. The van der Waals surface area contributed by atoms with Crippen molar-refractivity contribution in [3.63, 3.8) is 0 Å². The van der Waals surface area contributed by atoms with E-state index in [9.17, 15) is 4.79 Å². The number of rotatable bonds is 5. The lowest BCUT2D eigenvalue weighted by molar-refractivity contribution is 0.0526. The van der Waals surface area contributed by atoms with Crippen LogP contribution in [-0.2, 0) is 4.74 Å². The number of nitrogens with zero attached hydrogens (tertiary/aromatic N) is 3. The number of carbonyl (C=O) groups is 1. The third kappa shape index (κ3) is 4.07. The van der Waals surface area contributed by atoms with Crippen molar-refractivity contribution < 1.29 is 9.53 Å². The van der Waals surface area contributed by atoms with Gasteiger partial charge in [0.1, 0.15) is 5.69 Å². The number of halogens is 1. The summed E-state index contributed by atoms with van der Waals surface area (Å²) in [6, 6.07) is 14.0. The maximum atomic E-state index is 11.7. The van der Waals surface area contributed by atoms with E-state index in [1.54, 1.807) is 37.3 Å². The van der Waals surface area contributed by atoms with Crippen LogP contribution in [0.3, 0.4) is 0 Å². The Morgan fingerprint density at radius 3 is 2.62 bits per heavy atom. The predicted octanol–water partition coefficient (Wildman–Crippen LogP) is 5.64. The van der Waals surface area contributed by atoms with Crippen LogP contribution in [0.2, 0.25) is 5.02 Å². The molecule has 0 amide bonds. The third-order valence-corrected chi connectivity index (χ3v) is 4.49. The fourth-order valence-corrected chi connectivity index (χ4v) is 3.10. The zero-order valence-corrected chi connectivity index (χ0v) is 15.4. The first kappa shape index (κ1) is 18.0. The zero-order chi connectivity index (χ0) is 18.5. The molecule has 0 bridgehead atoms. The molecule has 3 aromatic rings. The average Bonchev–Trinajstić information content (AvgIpc) is 3.01. The molecule has 26 heavy (non-hydrogen) atoms. The van der Waals surface area contributed by atoms with Crippen molar-refractivity contribution in [3.05, 3.63) is 59.1 Å². The summed E-state index contributed by atoms with van der Waals surface area (Å²) in [5.74, 6) is -0.368. The lowest BCUT2D eigenvalue weighted by Gasteiger charge is -2.02. The van der Waals surface area contributed by atoms with E-state index >= 15 is 0 Å². The van der Waals surface area contributed by atoms with Gasteiger partial charge in [-0.15, -0.1) is 10.2 Å². The van der Waals surface area contributed by atoms with Crippen molar-refractivity contribution in [1.82, 2.24) is 4.98 Å². The molecule has 2 aromatic carbocycles. The van der Waals surface area contributed by atoms with Gasteiger partial charge in [0, 0.05) is 5.56 Å². The van der Waals surface area contributed by atoms with Crippen LogP contribution in [0.15, 0.2) is 58.8 Å². The Balaban J connectivity index is 1.86. The Hall–Kier alpha value is -2.77. The van der Waals surface area contributed by atoms with Crippen molar-refractivity contribution in [3.8, 4) is 11.3 Å². The number of hydrogen-bond acceptors (Lipinski definition) is 7. The molecule has 1 heterocycles. The average molecular weight is 387 g/mol. The zero-order valence-electron chi connectivity index (χ0n) is 13.8. The highest BCUT2D eigenvalue weighted by Crippen LogP contribution is 2.40. The minimum absolute atomic E-state index is 0.331. The highest BCUT2D eigenvalue weighted by Gasteiger charge is 2.14. The number of aromatic nitrogens is 1. The van der Waals surface area contributed by atoms with Crippen LogP contribution in [0.1, 0.15) is 17.3 Å². The van der Waals surface area contributed by atoms with Gasteiger partial charge in [0.05, 0.1) is 22.9 Å². The number of benzene rings is 2. The lowest BCUT2D eigenvalue weighted by Crippen LogP contribution is -2.03. The topological polar surface area (TPSA) is 89.9 Å². The van der Waals surface area contributed by atoms with Crippen molar-refractivity contribution >= 4 is 44.7 Å². The largest absolute Gasteiger partial charge is 0.462 e. The molecule has 0 unspecified atom stereocenters. The van der Waals surface area contributed by atoms with E-state index in [-0.39, 0.29) is 5.97 Å². The number of azo groups is 1. The van der Waals surface area contributed by atoms with Gasteiger partial charge in [0.2, 0.25) is 0 Å². The molecule has 0 spiro atoms. The van der Waals surface area contributed by atoms with Crippen LogP contribution in [0, 0.1) is 0 Å². The number of thiazole rings is 1. The van der Waals surface area contributed by atoms with E-state index in [1.165, 1.54) is 11.3 Å². The molecule has 132 valence electrons. The number of hydrogen-bond donors (Lipinski definition) is 1. The minimum atomic E-state index is -0.368. The van der Waals surface area contributed by atoms with E-state index in [4.69, 9.17) is 22.1 Å². The van der Waals surface area contributed by atoms with Gasteiger partial charge in [0.15, 0.2) is 10.1 Å². The molecule has 0 aliphatic carbocycles. The normalized spacial score (nSPS) is 11.0. The van der Waals surface area contributed by atoms with Crippen LogP contribution in [0.5, 0.6) is 0 Å². The quantitative estimate of drug-likeness (QED) is 0.454. The van der Waals surface area contributed by atoms with Gasteiger partial charge in [-0.1, -0.05) is 41.1 Å². The molecule has 0 fully saturated rings. The van der Waals surface area contributed by atoms with Gasteiger partial charge >= 0.3 is 5.97 Å². The molecule has 0 saturated heterocycles. The lowest BCUT2D eigenvalue weighted by atomic mass is 10.1. The van der Waals surface area contributed by atoms with Crippen molar-refractivity contribution in [2.24, 2.45) is 10.2 Å². The van der Waals surface area contributed by atoms with Gasteiger partial charge in [-0.2, -0.15) is 0 Å². The third-order valence-electron chi connectivity index (χ3n) is 3.39. The first-order valence-electron chi connectivity index (χ1n) is 7.78. The Kier molecular flexibility index (Phi) is 5.60. The summed E-state index contributed by atoms with van der Waals surface area (Å²) in [7, 11) is 0. The molecule has 0 radical (unpaired) electrons. The first-order valence-corrected chi connectivity index (χ1v) is 8.98. The second-order valence-electron chi connectivity index (χ2n) is 5.15. The molecule has 0 aliphatic heterocycles. The monoisotopic (exact) mass is 386 g/mol. The van der Waals surface area contributed by atoms with E-state index < -0.39 is 0 Å². The Labute approximate surface area is 159 Å². The SMILES string of the molecule is CCOC(=O)c1ccc(N=Nc2sc(N)nc2-c2ccccc2Cl)cc1. The summed E-state index contributed by atoms with van der Waals surface area (Å²) in [6.07, 6.45) is 0. The summed E-state index contributed by atoms with van der Waals surface area (Å²) < 4.78 is 4.95. The molecule has 0 saturated carbocycles. The van der Waals surface area contributed by atoms with E-state index in [2.05, 4.69) is 15.2 Å². The first-order chi connectivity index (χ1) is 12.6. The number of ether oxygens (including phenoxy) is 1. The Morgan fingerprint density at radius 1 is 1.19 bits per heavy atom. The maximum absolute atomic E-state index is 11.7. The predicted molar refractivity (Wildman–Crippen MR) is 104 cm³/mol. The molecule has 1 aromatic heterocycles. The second kappa shape index (κ2) is 8.07. The molecule has 0 aliphatic rings. The van der Waals surface area contributed by atoms with Gasteiger partial charge in [-0.3, -0.25) is 0 Å². The van der Waals surface area contributed by atoms with Crippen LogP contribution in [0.25, 0.3) is 11.3 Å². The highest BCUT2D eigenvalue weighted by atomic mass is 35.5. The molecule has 6 nitrogen and oxygen atoms in total. The molecule has 0 atom stereocenters. The minimum Gasteiger partial charge on any atom is -0.462 e. The Bertz CT molecular complexity index is 954. The number of carbonyl (C=O) groups excluding carboxylic acids is 1. The van der Waals surface area contributed by atoms with Crippen LogP contribution >= 0.6 is 22.9 Å². The fourth-order valence-electron chi connectivity index (χ4n) is 2.21. The highest BCUT2D eigenvalue weighted by molar-refractivity contribution is 7.19. The van der Waals surface area contributed by atoms with Crippen LogP contribution < -0.4 is 5.73 Å². The van der Waals surface area contributed by atoms with E-state index in [0.717, 1.165) is 5.56 Å². The smallest absolute Gasteiger partial charge is 0.338 e. The van der Waals surface area contributed by atoms with Crippen molar-refractivity contribution in [2.75, 3.05) is 12.3 Å².